The molecule has 8 heteroatoms. The molecular weight excluding hydrogens is 262 g/mol. The first-order chi connectivity index (χ1) is 9.65. The maximum atomic E-state index is 10.8. The predicted octanol–water partition coefficient (Wildman–Crippen LogP) is 1.83. The zero-order valence-electron chi connectivity index (χ0n) is 10.7. The molecular formula is C12H13N5O3. The van der Waals surface area contributed by atoms with Crippen LogP contribution in [0, 0.1) is 10.1 Å². The summed E-state index contributed by atoms with van der Waals surface area (Å²) in [6.07, 6.45) is 2.20. The van der Waals surface area contributed by atoms with Crippen molar-refractivity contribution in [2.24, 2.45) is 0 Å². The average molecular weight is 275 g/mol. The number of nitro benzene ring substituents is 1. The number of non-ortho nitro benzene ring substituents is 1. The molecule has 0 unspecified atom stereocenters. The highest BCUT2D eigenvalue weighted by Gasteiger charge is 2.21. The fraction of sp³-hybridized carbons (Fsp3) is 0.333. The molecule has 0 amide bonds. The first-order valence-electron chi connectivity index (χ1n) is 6.28. The molecule has 1 aliphatic rings. The van der Waals surface area contributed by atoms with Gasteiger partial charge in [0, 0.05) is 30.9 Å². The molecule has 1 saturated heterocycles. The first-order valence-corrected chi connectivity index (χ1v) is 6.28. The molecule has 3 rings (SSSR count). The van der Waals surface area contributed by atoms with Gasteiger partial charge in [-0.3, -0.25) is 10.1 Å². The van der Waals surface area contributed by atoms with E-state index in [4.69, 9.17) is 10.3 Å². The minimum Gasteiger partial charge on any atom is -0.398 e. The van der Waals surface area contributed by atoms with E-state index < -0.39 is 4.92 Å². The van der Waals surface area contributed by atoms with Gasteiger partial charge in [-0.05, 0) is 24.1 Å². The molecule has 1 aromatic heterocycles. The van der Waals surface area contributed by atoms with Crippen molar-refractivity contribution in [3.05, 3.63) is 28.3 Å². The second-order valence-corrected chi connectivity index (χ2v) is 4.62. The van der Waals surface area contributed by atoms with Gasteiger partial charge in [-0.2, -0.15) is 4.98 Å². The topological polar surface area (TPSA) is 111 Å². The van der Waals surface area contributed by atoms with Crippen LogP contribution < -0.4 is 10.6 Å². The van der Waals surface area contributed by atoms with Crippen LogP contribution >= 0.6 is 0 Å². The lowest BCUT2D eigenvalue weighted by molar-refractivity contribution is -0.384. The van der Waals surface area contributed by atoms with Crippen LogP contribution in [0.3, 0.4) is 0 Å². The van der Waals surface area contributed by atoms with E-state index in [-0.39, 0.29) is 11.6 Å². The Morgan fingerprint density at radius 2 is 2.10 bits per heavy atom. The molecule has 2 aromatic rings. The summed E-state index contributed by atoms with van der Waals surface area (Å²) in [5.74, 6) is 0.705. The first kappa shape index (κ1) is 12.4. The van der Waals surface area contributed by atoms with Crippen LogP contribution in [0.1, 0.15) is 12.8 Å². The molecule has 0 aliphatic carbocycles. The third kappa shape index (κ3) is 2.15. The van der Waals surface area contributed by atoms with E-state index in [1.165, 1.54) is 18.2 Å². The summed E-state index contributed by atoms with van der Waals surface area (Å²) in [6, 6.07) is 4.15. The van der Waals surface area contributed by atoms with Crippen molar-refractivity contribution in [2.45, 2.75) is 12.8 Å². The zero-order valence-corrected chi connectivity index (χ0v) is 10.7. The van der Waals surface area contributed by atoms with Crippen molar-refractivity contribution >= 4 is 17.3 Å². The van der Waals surface area contributed by atoms with E-state index in [1.54, 1.807) is 0 Å². The van der Waals surface area contributed by atoms with Gasteiger partial charge in [-0.1, -0.05) is 0 Å². The van der Waals surface area contributed by atoms with Crippen molar-refractivity contribution in [3.63, 3.8) is 0 Å². The van der Waals surface area contributed by atoms with Gasteiger partial charge in [0.05, 0.1) is 10.5 Å². The fourth-order valence-electron chi connectivity index (χ4n) is 2.21. The molecule has 104 valence electrons. The second kappa shape index (κ2) is 4.80. The number of aromatic nitrogens is 2. The van der Waals surface area contributed by atoms with Crippen molar-refractivity contribution in [1.29, 1.82) is 0 Å². The lowest BCUT2D eigenvalue weighted by Crippen LogP contribution is -2.18. The Labute approximate surface area is 114 Å². The maximum Gasteiger partial charge on any atom is 0.270 e. The zero-order chi connectivity index (χ0) is 14.1. The molecule has 1 aliphatic heterocycles. The van der Waals surface area contributed by atoms with Gasteiger partial charge < -0.3 is 15.2 Å². The summed E-state index contributed by atoms with van der Waals surface area (Å²) in [4.78, 5) is 16.6. The highest BCUT2D eigenvalue weighted by molar-refractivity contribution is 5.73. The number of hydrogen-bond acceptors (Lipinski definition) is 7. The van der Waals surface area contributed by atoms with Crippen LogP contribution in [0.2, 0.25) is 0 Å². The van der Waals surface area contributed by atoms with Crippen LogP contribution in [0.4, 0.5) is 17.3 Å². The highest BCUT2D eigenvalue weighted by atomic mass is 16.6. The second-order valence-electron chi connectivity index (χ2n) is 4.62. The quantitative estimate of drug-likeness (QED) is 0.516. The number of nitrogen functional groups attached to an aromatic ring is 1. The Morgan fingerprint density at radius 1 is 1.35 bits per heavy atom. The lowest BCUT2D eigenvalue weighted by atomic mass is 10.1. The molecule has 1 fully saturated rings. The maximum absolute atomic E-state index is 10.8. The van der Waals surface area contributed by atoms with Crippen LogP contribution in [0.5, 0.6) is 0 Å². The van der Waals surface area contributed by atoms with Crippen molar-refractivity contribution in [3.8, 4) is 11.5 Å². The monoisotopic (exact) mass is 275 g/mol. The minimum atomic E-state index is -0.485. The molecule has 0 bridgehead atoms. The van der Waals surface area contributed by atoms with Crippen molar-refractivity contribution < 1.29 is 9.45 Å². The fourth-order valence-corrected chi connectivity index (χ4v) is 2.21. The van der Waals surface area contributed by atoms with Gasteiger partial charge >= 0.3 is 0 Å². The molecule has 0 radical (unpaired) electrons. The average Bonchev–Trinajstić information content (AvgIpc) is 3.10. The number of nitrogens with two attached hydrogens (primary N) is 1. The van der Waals surface area contributed by atoms with E-state index >= 15 is 0 Å². The van der Waals surface area contributed by atoms with Crippen molar-refractivity contribution in [2.75, 3.05) is 23.7 Å². The summed E-state index contributed by atoms with van der Waals surface area (Å²) in [6.45, 7) is 1.78. The Balaban J connectivity index is 1.96. The largest absolute Gasteiger partial charge is 0.398 e. The molecule has 8 nitrogen and oxygen atoms in total. The molecule has 0 spiro atoms. The Morgan fingerprint density at radius 3 is 2.80 bits per heavy atom. The summed E-state index contributed by atoms with van der Waals surface area (Å²) < 4.78 is 5.17. The van der Waals surface area contributed by atoms with Crippen LogP contribution in [-0.4, -0.2) is 28.2 Å². The molecule has 1 aromatic carbocycles. The molecule has 2 N–H and O–H groups in total. The van der Waals surface area contributed by atoms with Gasteiger partial charge in [0.2, 0.25) is 0 Å². The third-order valence-electron chi connectivity index (χ3n) is 3.28. The van der Waals surface area contributed by atoms with Gasteiger partial charge in [-0.25, -0.2) is 0 Å². The van der Waals surface area contributed by atoms with E-state index in [0.717, 1.165) is 25.9 Å². The molecule has 20 heavy (non-hydrogen) atoms. The van der Waals surface area contributed by atoms with Crippen LogP contribution in [0.15, 0.2) is 22.7 Å². The number of rotatable bonds is 3. The van der Waals surface area contributed by atoms with Gasteiger partial charge in [-0.15, -0.1) is 0 Å². The lowest BCUT2D eigenvalue weighted by Gasteiger charge is -2.09. The number of hydrogen-bond donors (Lipinski definition) is 1. The number of nitro groups is 1. The summed E-state index contributed by atoms with van der Waals surface area (Å²) in [7, 11) is 0. The molecule has 0 saturated carbocycles. The Hall–Kier alpha value is -2.64. The standard InChI is InChI=1S/C12H13N5O3/c13-10-4-3-8(17(18)19)7-9(10)11-14-12(15-20-11)16-5-1-2-6-16/h3-4,7H,1-2,5-6,13H2. The van der Waals surface area contributed by atoms with Gasteiger partial charge in [0.1, 0.15) is 0 Å². The smallest absolute Gasteiger partial charge is 0.270 e. The number of nitrogens with zero attached hydrogens (tertiary/aromatic N) is 4. The van der Waals surface area contributed by atoms with E-state index in [0.29, 0.717) is 17.2 Å². The highest BCUT2D eigenvalue weighted by Crippen LogP contribution is 2.30. The van der Waals surface area contributed by atoms with Crippen molar-refractivity contribution in [1.82, 2.24) is 10.1 Å². The summed E-state index contributed by atoms with van der Waals surface area (Å²) in [5, 5.41) is 14.7. The molecule has 0 atom stereocenters. The summed E-state index contributed by atoms with van der Waals surface area (Å²) in [5.41, 5.74) is 6.51. The van der Waals surface area contributed by atoms with E-state index in [1.807, 2.05) is 4.90 Å². The van der Waals surface area contributed by atoms with Gasteiger partial charge in [0.25, 0.3) is 17.5 Å². The predicted molar refractivity (Wildman–Crippen MR) is 72.2 cm³/mol. The minimum absolute atomic E-state index is 0.0601. The van der Waals surface area contributed by atoms with Crippen LogP contribution in [-0.2, 0) is 0 Å². The summed E-state index contributed by atoms with van der Waals surface area (Å²) >= 11 is 0. The third-order valence-corrected chi connectivity index (χ3v) is 3.28. The molecule has 2 heterocycles. The Kier molecular flexibility index (Phi) is 2.97. The number of anilines is 2. The van der Waals surface area contributed by atoms with Gasteiger partial charge in [0.15, 0.2) is 0 Å². The number of benzene rings is 1. The van der Waals surface area contributed by atoms with E-state index in [2.05, 4.69) is 10.1 Å². The Bertz CT molecular complexity index is 648. The SMILES string of the molecule is Nc1ccc([N+](=O)[O-])cc1-c1nc(N2CCCC2)no1. The van der Waals surface area contributed by atoms with Crippen LogP contribution in [0.25, 0.3) is 11.5 Å². The normalized spacial score (nSPS) is 14.7. The van der Waals surface area contributed by atoms with E-state index in [9.17, 15) is 10.1 Å².